The summed E-state index contributed by atoms with van der Waals surface area (Å²) in [5.41, 5.74) is 4.47. The number of benzene rings is 1. The molecule has 2 N–H and O–H groups in total. The summed E-state index contributed by atoms with van der Waals surface area (Å²) in [6.07, 6.45) is 22.8. The molecule has 1 aromatic rings. The molecular weight excluding hydrogens is 718 g/mol. The van der Waals surface area contributed by atoms with Crippen molar-refractivity contribution in [3.05, 3.63) is 71.3 Å². The maximum Gasteiger partial charge on any atom is 0.315 e. The number of hydrogen-bond acceptors (Lipinski definition) is 4. The molecule has 5 saturated carbocycles. The molecule has 5 heteroatoms. The first-order chi connectivity index (χ1) is 27.5. The van der Waals surface area contributed by atoms with Crippen molar-refractivity contribution in [3.8, 4) is 0 Å². The Morgan fingerprint density at radius 2 is 1.60 bits per heavy atom. The smallest absolute Gasteiger partial charge is 0.315 e. The molecule has 0 bridgehead atoms. The molecule has 0 heterocycles. The Balaban J connectivity index is 1.00. The van der Waals surface area contributed by atoms with Crippen LogP contribution in [-0.4, -0.2) is 35.4 Å². The molecule has 0 spiro atoms. The zero-order valence-electron chi connectivity index (χ0n) is 37.5. The van der Waals surface area contributed by atoms with E-state index < -0.39 is 23.7 Å². The van der Waals surface area contributed by atoms with E-state index in [1.807, 2.05) is 30.3 Å². The Morgan fingerprint density at radius 3 is 2.28 bits per heavy atom. The maximum absolute atomic E-state index is 14.8. The van der Waals surface area contributed by atoms with Crippen LogP contribution in [0.15, 0.2) is 65.8 Å². The second kappa shape index (κ2) is 15.3. The van der Waals surface area contributed by atoms with E-state index in [0.717, 1.165) is 63.0 Å². The predicted molar refractivity (Wildman–Crippen MR) is 235 cm³/mol. The molecule has 58 heavy (non-hydrogen) atoms. The van der Waals surface area contributed by atoms with Crippen LogP contribution in [0, 0.1) is 62.6 Å². The fourth-order valence-electron chi connectivity index (χ4n) is 16.1. The number of nitrogens with one attached hydrogen (secondary N) is 1. The van der Waals surface area contributed by atoms with Crippen molar-refractivity contribution in [2.24, 2.45) is 62.6 Å². The molecule has 0 aromatic heterocycles. The number of rotatable bonds is 10. The summed E-state index contributed by atoms with van der Waals surface area (Å²) < 4.78 is 20.5. The lowest BCUT2D eigenvalue weighted by Gasteiger charge is -2.72. The first kappa shape index (κ1) is 42.5. The van der Waals surface area contributed by atoms with Gasteiger partial charge in [0.05, 0.1) is 11.0 Å². The number of carbonyl (C=O) groups is 1. The zero-order chi connectivity index (χ0) is 41.4. The molecule has 0 radical (unpaired) electrons. The molecule has 4 nitrogen and oxygen atoms in total. The van der Waals surface area contributed by atoms with Crippen molar-refractivity contribution in [1.29, 1.82) is 0 Å². The van der Waals surface area contributed by atoms with E-state index in [1.165, 1.54) is 68.1 Å². The molecule has 10 atom stereocenters. The molecule has 7 aliphatic carbocycles. The van der Waals surface area contributed by atoms with Crippen LogP contribution >= 0.6 is 0 Å². The fraction of sp³-hybridized carbons (Fsp3) is 0.755. The molecule has 1 aromatic carbocycles. The van der Waals surface area contributed by atoms with Gasteiger partial charge in [0.1, 0.15) is 13.3 Å². The number of alkyl halides is 1. The Bertz CT molecular complexity index is 1770. The molecule has 320 valence electrons. The van der Waals surface area contributed by atoms with E-state index in [1.54, 1.807) is 0 Å². The average molecular weight is 796 g/mol. The lowest BCUT2D eigenvalue weighted by atomic mass is 9.33. The second-order valence-electron chi connectivity index (χ2n) is 22.9. The van der Waals surface area contributed by atoms with Crippen LogP contribution in [0.5, 0.6) is 0 Å². The van der Waals surface area contributed by atoms with Crippen LogP contribution in [0.2, 0.25) is 0 Å². The summed E-state index contributed by atoms with van der Waals surface area (Å²) in [4.78, 5) is 13.4. The third kappa shape index (κ3) is 6.76. The van der Waals surface area contributed by atoms with Crippen molar-refractivity contribution >= 4 is 5.97 Å². The van der Waals surface area contributed by atoms with Gasteiger partial charge in [-0.05, 0) is 196 Å². The topological polar surface area (TPSA) is 58.6 Å². The Hall–Kier alpha value is -2.24. The van der Waals surface area contributed by atoms with E-state index in [0.29, 0.717) is 42.4 Å². The van der Waals surface area contributed by atoms with Gasteiger partial charge < -0.3 is 15.2 Å². The molecule has 0 aliphatic heterocycles. The number of esters is 1. The lowest BCUT2D eigenvalue weighted by molar-refractivity contribution is -0.221. The second-order valence-corrected chi connectivity index (χ2v) is 22.9. The van der Waals surface area contributed by atoms with Crippen molar-refractivity contribution in [2.75, 3.05) is 13.2 Å². The summed E-state index contributed by atoms with van der Waals surface area (Å²) >= 11 is 0. The van der Waals surface area contributed by atoms with Crippen molar-refractivity contribution in [3.63, 3.8) is 0 Å². The Morgan fingerprint density at radius 1 is 0.862 bits per heavy atom. The standard InChI is InChI=1S/C53H78FNO3/c1-36(2)40-20-29-53(55-33-32-52(57)27-16-37(3)17-28-52)31-30-49(7)42(45(40)53)14-15-44-48(6)23-21-41(47(4,5)43(48)22-24-50(44,49)8)39-18-25-51(35-54,26-19-39)46(56)58-34-38-12-10-9-11-13-38/h9-13,18,21,37,40,42-45,55,57H,1,14-17,19-20,22-35H2,2-8H3/t37-,40-,42+,43-,44+,45+,48-,49+,50+,51-,52+,53-/m0/s1. The van der Waals surface area contributed by atoms with Crippen molar-refractivity contribution < 1.29 is 19.0 Å². The highest BCUT2D eigenvalue weighted by atomic mass is 19.1. The number of allylic oxidation sites excluding steroid dienone is 5. The highest BCUT2D eigenvalue weighted by Gasteiger charge is 2.70. The van der Waals surface area contributed by atoms with Gasteiger partial charge in [-0.25, -0.2) is 4.39 Å². The van der Waals surface area contributed by atoms with Gasteiger partial charge in [-0.3, -0.25) is 4.79 Å². The minimum absolute atomic E-state index is 0.00400. The number of hydrogen-bond donors (Lipinski definition) is 2. The Kier molecular flexibility index (Phi) is 11.2. The van der Waals surface area contributed by atoms with Gasteiger partial charge in [-0.15, -0.1) is 0 Å². The van der Waals surface area contributed by atoms with E-state index in [2.05, 4.69) is 72.5 Å². The molecule has 0 unspecified atom stereocenters. The van der Waals surface area contributed by atoms with Gasteiger partial charge in [0.2, 0.25) is 0 Å². The SMILES string of the molecule is C=C(C)[C@@H]1CC[C@]2(NCC[C@]3(O)CC[C@@H](C)CC3)CC[C@]3(C)[C@H](CC[C@@H]4[C@@]5(C)CC=C(C6=CC[C@](CF)(C(=O)OCc7ccccc7)CC6)C(C)(C)[C@@H]5CC[C@]43C)[C@@H]12. The normalized spacial score (nSPS) is 44.4. The molecule has 8 rings (SSSR count). The number of carbonyl (C=O) groups excluding carboxylic acids is 1. The average Bonchev–Trinajstić information content (AvgIpc) is 3.59. The van der Waals surface area contributed by atoms with E-state index >= 15 is 0 Å². The van der Waals surface area contributed by atoms with Crippen LogP contribution in [-0.2, 0) is 16.1 Å². The molecule has 5 fully saturated rings. The number of halogens is 1. The Labute approximate surface area is 351 Å². The predicted octanol–water partition coefficient (Wildman–Crippen LogP) is 12.7. The van der Waals surface area contributed by atoms with Gasteiger partial charge in [-0.1, -0.05) is 96.2 Å². The van der Waals surface area contributed by atoms with Gasteiger partial charge in [0.15, 0.2) is 0 Å². The van der Waals surface area contributed by atoms with Crippen LogP contribution in [0.1, 0.15) is 163 Å². The molecular formula is C53H78FNO3. The first-order valence-electron chi connectivity index (χ1n) is 23.8. The highest BCUT2D eigenvalue weighted by molar-refractivity contribution is 5.78. The largest absolute Gasteiger partial charge is 0.460 e. The van der Waals surface area contributed by atoms with Gasteiger partial charge in [-0.2, -0.15) is 0 Å². The summed E-state index contributed by atoms with van der Waals surface area (Å²) in [6, 6.07) is 9.71. The first-order valence-corrected chi connectivity index (χ1v) is 23.8. The van der Waals surface area contributed by atoms with Gasteiger partial charge in [0, 0.05) is 5.54 Å². The molecule has 0 amide bonds. The summed E-state index contributed by atoms with van der Waals surface area (Å²) in [5.74, 6) is 3.47. The quantitative estimate of drug-likeness (QED) is 0.183. The van der Waals surface area contributed by atoms with E-state index in [4.69, 9.17) is 4.74 Å². The minimum atomic E-state index is -1.09. The van der Waals surface area contributed by atoms with Crippen molar-refractivity contribution in [2.45, 2.75) is 175 Å². The fourth-order valence-corrected chi connectivity index (χ4v) is 16.1. The third-order valence-electron chi connectivity index (χ3n) is 19.8. The van der Waals surface area contributed by atoms with E-state index in [-0.39, 0.29) is 33.8 Å². The van der Waals surface area contributed by atoms with Crippen LogP contribution in [0.25, 0.3) is 0 Å². The van der Waals surface area contributed by atoms with Gasteiger partial charge in [0.25, 0.3) is 0 Å². The van der Waals surface area contributed by atoms with E-state index in [9.17, 15) is 14.3 Å². The van der Waals surface area contributed by atoms with Crippen LogP contribution < -0.4 is 5.32 Å². The highest BCUT2D eigenvalue weighted by Crippen LogP contribution is 2.76. The van der Waals surface area contributed by atoms with Crippen LogP contribution in [0.3, 0.4) is 0 Å². The minimum Gasteiger partial charge on any atom is -0.460 e. The van der Waals surface area contributed by atoms with Crippen LogP contribution in [0.4, 0.5) is 4.39 Å². The van der Waals surface area contributed by atoms with Gasteiger partial charge >= 0.3 is 5.97 Å². The number of aliphatic hydroxyl groups is 1. The number of fused-ring (bicyclic) bond motifs is 7. The molecule has 0 saturated heterocycles. The monoisotopic (exact) mass is 796 g/mol. The summed E-state index contributed by atoms with van der Waals surface area (Å²) in [7, 11) is 0. The zero-order valence-corrected chi connectivity index (χ0v) is 37.5. The molecule has 7 aliphatic rings. The number of ether oxygens (including phenoxy) is 1. The lowest BCUT2D eigenvalue weighted by Crippen LogP contribution is -2.68. The third-order valence-corrected chi connectivity index (χ3v) is 19.8. The summed E-state index contributed by atoms with van der Waals surface area (Å²) in [5, 5.41) is 15.8. The maximum atomic E-state index is 14.8. The summed E-state index contributed by atoms with van der Waals surface area (Å²) in [6.45, 7) is 22.9. The van der Waals surface area contributed by atoms with Crippen molar-refractivity contribution in [1.82, 2.24) is 5.32 Å².